The number of benzene rings is 1. The van der Waals surface area contributed by atoms with E-state index in [1.807, 2.05) is 24.3 Å². The molecule has 0 saturated carbocycles. The average Bonchev–Trinajstić information content (AvgIpc) is 2.64. The highest BCUT2D eigenvalue weighted by Gasteiger charge is 2.13. The fourth-order valence-electron chi connectivity index (χ4n) is 2.29. The Labute approximate surface area is 114 Å². The molecule has 0 aliphatic rings. The van der Waals surface area contributed by atoms with E-state index in [4.69, 9.17) is 5.73 Å². The van der Waals surface area contributed by atoms with Crippen LogP contribution in [0.4, 0.5) is 5.69 Å². The number of pyridine rings is 1. The second kappa shape index (κ2) is 4.18. The fourth-order valence-corrected chi connectivity index (χ4v) is 2.80. The number of rotatable bonds is 1. The summed E-state index contributed by atoms with van der Waals surface area (Å²) < 4.78 is 3.35. The predicted molar refractivity (Wildman–Crippen MR) is 79.7 cm³/mol. The second-order valence-corrected chi connectivity index (χ2v) is 5.16. The number of nitrogens with zero attached hydrogens (tertiary/aromatic N) is 1. The Hall–Kier alpha value is -1.74. The summed E-state index contributed by atoms with van der Waals surface area (Å²) in [4.78, 5) is 0. The smallest absolute Gasteiger partial charge is 0.0601 e. The summed E-state index contributed by atoms with van der Waals surface area (Å²) in [7, 11) is 0. The maximum Gasteiger partial charge on any atom is 0.0601 e. The fraction of sp³-hybridized carbons (Fsp3) is 0.0667. The summed E-state index contributed by atoms with van der Waals surface area (Å²) >= 11 is 3.67. The Kier molecular flexibility index (Phi) is 2.63. The van der Waals surface area contributed by atoms with Crippen LogP contribution < -0.4 is 5.73 Å². The molecule has 3 heteroatoms. The van der Waals surface area contributed by atoms with Gasteiger partial charge in [-0.2, -0.15) is 0 Å². The zero-order valence-corrected chi connectivity index (χ0v) is 11.6. The second-order valence-electron chi connectivity index (χ2n) is 4.37. The van der Waals surface area contributed by atoms with Gasteiger partial charge in [-0.15, -0.1) is 0 Å². The minimum Gasteiger partial charge on any atom is -0.399 e. The predicted octanol–water partition coefficient (Wildman–Crippen LogP) is 4.26. The van der Waals surface area contributed by atoms with E-state index in [-0.39, 0.29) is 0 Å². The van der Waals surface area contributed by atoms with E-state index in [0.29, 0.717) is 0 Å². The lowest BCUT2D eigenvalue weighted by molar-refractivity contribution is 1.19. The highest BCUT2D eigenvalue weighted by Crippen LogP contribution is 2.34. The first-order valence-corrected chi connectivity index (χ1v) is 6.59. The zero-order valence-electron chi connectivity index (χ0n) is 10.0. The normalized spacial score (nSPS) is 11.0. The molecule has 0 bridgehead atoms. The zero-order chi connectivity index (χ0) is 12.7. The van der Waals surface area contributed by atoms with Gasteiger partial charge < -0.3 is 10.1 Å². The van der Waals surface area contributed by atoms with Crippen molar-refractivity contribution in [2.24, 2.45) is 0 Å². The number of nitrogens with two attached hydrogens (primary N) is 1. The van der Waals surface area contributed by atoms with Crippen LogP contribution in [0.2, 0.25) is 0 Å². The van der Waals surface area contributed by atoms with Crippen LogP contribution in [0.15, 0.2) is 53.1 Å². The summed E-state index contributed by atoms with van der Waals surface area (Å²) in [6.45, 7) is 2.13. The molecule has 0 spiro atoms. The van der Waals surface area contributed by atoms with Crippen molar-refractivity contribution in [3.05, 3.63) is 58.7 Å². The lowest BCUT2D eigenvalue weighted by Gasteiger charge is -2.05. The number of fused-ring (bicyclic) bond motifs is 1. The Balaban J connectivity index is 2.35. The number of halogens is 1. The lowest BCUT2D eigenvalue weighted by Crippen LogP contribution is -1.89. The molecular formula is C15H13BrN2. The molecule has 0 atom stereocenters. The monoisotopic (exact) mass is 300 g/mol. The van der Waals surface area contributed by atoms with E-state index >= 15 is 0 Å². The third-order valence-electron chi connectivity index (χ3n) is 3.19. The number of nitrogen functional groups attached to an aromatic ring is 1. The highest BCUT2D eigenvalue weighted by atomic mass is 79.9. The lowest BCUT2D eigenvalue weighted by atomic mass is 10.1. The minimum atomic E-state index is 0.788. The van der Waals surface area contributed by atoms with Gasteiger partial charge in [0.2, 0.25) is 0 Å². The molecule has 0 radical (unpaired) electrons. The van der Waals surface area contributed by atoms with E-state index in [9.17, 15) is 0 Å². The molecule has 2 aromatic heterocycles. The van der Waals surface area contributed by atoms with E-state index < -0.39 is 0 Å². The minimum absolute atomic E-state index is 0.788. The summed E-state index contributed by atoms with van der Waals surface area (Å²) in [6.07, 6.45) is 2.08. The van der Waals surface area contributed by atoms with E-state index in [2.05, 4.69) is 51.7 Å². The van der Waals surface area contributed by atoms with E-state index in [1.165, 1.54) is 22.3 Å². The van der Waals surface area contributed by atoms with Gasteiger partial charge in [0.05, 0.1) is 11.2 Å². The van der Waals surface area contributed by atoms with Crippen LogP contribution in [0.1, 0.15) is 5.56 Å². The Bertz CT molecular complexity index is 711. The van der Waals surface area contributed by atoms with Crippen molar-refractivity contribution in [2.45, 2.75) is 6.92 Å². The first kappa shape index (κ1) is 11.4. The largest absolute Gasteiger partial charge is 0.399 e. The number of aromatic nitrogens is 1. The van der Waals surface area contributed by atoms with Gasteiger partial charge in [0.25, 0.3) is 0 Å². The third-order valence-corrected chi connectivity index (χ3v) is 4.20. The number of hydrogen-bond acceptors (Lipinski definition) is 1. The molecule has 2 nitrogen and oxygen atoms in total. The molecule has 0 amide bonds. The molecule has 2 N–H and O–H groups in total. The van der Waals surface area contributed by atoms with E-state index in [1.54, 1.807) is 0 Å². The van der Waals surface area contributed by atoms with Crippen molar-refractivity contribution >= 4 is 27.1 Å². The van der Waals surface area contributed by atoms with Crippen molar-refractivity contribution < 1.29 is 0 Å². The average molecular weight is 301 g/mol. The molecule has 1 aromatic carbocycles. The standard InChI is InChI=1S/C15H13BrN2/c1-10-14(16)13-4-2-3-9-18(13)15(10)11-5-7-12(17)8-6-11/h2-9H,17H2,1H3. The van der Waals surface area contributed by atoms with Crippen LogP contribution >= 0.6 is 15.9 Å². The van der Waals surface area contributed by atoms with Gasteiger partial charge in [-0.3, -0.25) is 0 Å². The summed E-state index contributed by atoms with van der Waals surface area (Å²) in [5.74, 6) is 0. The van der Waals surface area contributed by atoms with Gasteiger partial charge in [-0.1, -0.05) is 18.2 Å². The molecule has 3 rings (SSSR count). The maximum atomic E-state index is 5.74. The molecule has 0 aliphatic carbocycles. The van der Waals surface area contributed by atoms with Crippen molar-refractivity contribution in [1.82, 2.24) is 4.40 Å². The Morgan fingerprint density at radius 2 is 1.78 bits per heavy atom. The number of hydrogen-bond donors (Lipinski definition) is 1. The molecule has 3 aromatic rings. The Morgan fingerprint density at radius 3 is 2.50 bits per heavy atom. The van der Waals surface area contributed by atoms with Crippen LogP contribution in [0.25, 0.3) is 16.8 Å². The molecule has 18 heavy (non-hydrogen) atoms. The van der Waals surface area contributed by atoms with Crippen LogP contribution in [0.3, 0.4) is 0 Å². The summed E-state index contributed by atoms with van der Waals surface area (Å²) in [5.41, 5.74) is 11.3. The third kappa shape index (κ3) is 1.63. The highest BCUT2D eigenvalue weighted by molar-refractivity contribution is 9.10. The van der Waals surface area contributed by atoms with Gasteiger partial charge in [-0.05, 0) is 58.2 Å². The van der Waals surface area contributed by atoms with Crippen molar-refractivity contribution in [2.75, 3.05) is 5.73 Å². The van der Waals surface area contributed by atoms with Gasteiger partial charge in [-0.25, -0.2) is 0 Å². The molecule has 0 aliphatic heterocycles. The van der Waals surface area contributed by atoms with Crippen LogP contribution in [0.5, 0.6) is 0 Å². The maximum absolute atomic E-state index is 5.74. The first-order valence-electron chi connectivity index (χ1n) is 5.79. The summed E-state index contributed by atoms with van der Waals surface area (Å²) in [5, 5.41) is 0. The van der Waals surface area contributed by atoms with Gasteiger partial charge in [0, 0.05) is 16.4 Å². The van der Waals surface area contributed by atoms with Crippen molar-refractivity contribution in [3.8, 4) is 11.3 Å². The number of anilines is 1. The molecule has 0 saturated heterocycles. The Morgan fingerprint density at radius 1 is 1.06 bits per heavy atom. The molecule has 2 heterocycles. The van der Waals surface area contributed by atoms with Gasteiger partial charge in [0.15, 0.2) is 0 Å². The van der Waals surface area contributed by atoms with Crippen LogP contribution in [-0.2, 0) is 0 Å². The molecular weight excluding hydrogens is 288 g/mol. The van der Waals surface area contributed by atoms with Crippen molar-refractivity contribution in [3.63, 3.8) is 0 Å². The molecule has 0 unspecified atom stereocenters. The molecule has 90 valence electrons. The quantitative estimate of drug-likeness (QED) is 0.669. The summed E-state index contributed by atoms with van der Waals surface area (Å²) in [6, 6.07) is 14.2. The van der Waals surface area contributed by atoms with Crippen molar-refractivity contribution in [1.29, 1.82) is 0 Å². The van der Waals surface area contributed by atoms with Crippen LogP contribution in [0, 0.1) is 6.92 Å². The van der Waals surface area contributed by atoms with Crippen LogP contribution in [-0.4, -0.2) is 4.40 Å². The SMILES string of the molecule is Cc1c(Br)c2ccccn2c1-c1ccc(N)cc1. The molecule has 0 fully saturated rings. The first-order chi connectivity index (χ1) is 8.68. The van der Waals surface area contributed by atoms with E-state index in [0.717, 1.165) is 10.2 Å². The topological polar surface area (TPSA) is 30.4 Å². The van der Waals surface area contributed by atoms with Gasteiger partial charge >= 0.3 is 0 Å². The van der Waals surface area contributed by atoms with Gasteiger partial charge in [0.1, 0.15) is 0 Å².